The number of benzene rings is 2. The Morgan fingerprint density at radius 1 is 1.18 bits per heavy atom. The summed E-state index contributed by atoms with van der Waals surface area (Å²) < 4.78 is 16.6. The number of rotatable bonds is 8. The largest absolute Gasteiger partial charge is 0.493 e. The number of methoxy groups -OCH3 is 1. The monoisotopic (exact) mass is 404 g/mol. The molecule has 1 saturated heterocycles. The van der Waals surface area contributed by atoms with Crippen molar-refractivity contribution in [3.63, 3.8) is 0 Å². The number of ether oxygens (including phenoxy) is 3. The van der Waals surface area contributed by atoms with E-state index in [1.807, 2.05) is 24.3 Å². The molecule has 1 heterocycles. The third-order valence-electron chi connectivity index (χ3n) is 4.58. The molecule has 0 radical (unpaired) electrons. The summed E-state index contributed by atoms with van der Waals surface area (Å²) in [6.07, 6.45) is 0. The van der Waals surface area contributed by atoms with Crippen molar-refractivity contribution in [1.82, 2.24) is 10.2 Å². The topological polar surface area (TPSA) is 60.0 Å². The number of amides is 1. The molecule has 7 heteroatoms. The molecule has 6 nitrogen and oxygen atoms in total. The molecule has 0 bridgehead atoms. The Morgan fingerprint density at radius 2 is 1.96 bits per heavy atom. The number of hydrogen-bond donors (Lipinski definition) is 1. The first kappa shape index (κ1) is 20.5. The van der Waals surface area contributed by atoms with Crippen LogP contribution in [0.25, 0.3) is 0 Å². The lowest BCUT2D eigenvalue weighted by molar-refractivity contribution is 0.0383. The minimum absolute atomic E-state index is 0.135. The standard InChI is InChI=1S/C21H25ClN2O4/c1-26-20-14-16(21(25)23-8-9-24-10-12-27-13-11-24)6-7-19(20)28-15-17-4-2-3-5-18(17)22/h2-7,14H,8-13,15H2,1H3,(H,23,25). The van der Waals surface area contributed by atoms with Crippen LogP contribution in [0, 0.1) is 0 Å². The fraction of sp³-hybridized carbons (Fsp3) is 0.381. The Labute approximate surface area is 170 Å². The van der Waals surface area contributed by atoms with Crippen LogP contribution in [0.2, 0.25) is 5.02 Å². The van der Waals surface area contributed by atoms with E-state index in [0.29, 0.717) is 35.2 Å². The van der Waals surface area contributed by atoms with Gasteiger partial charge in [-0.25, -0.2) is 0 Å². The van der Waals surface area contributed by atoms with Gasteiger partial charge in [0.05, 0.1) is 20.3 Å². The molecule has 1 amide bonds. The lowest BCUT2D eigenvalue weighted by atomic mass is 10.2. The molecule has 0 saturated carbocycles. The molecule has 1 aliphatic heterocycles. The lowest BCUT2D eigenvalue weighted by Gasteiger charge is -2.26. The van der Waals surface area contributed by atoms with Gasteiger partial charge < -0.3 is 19.5 Å². The molecular formula is C21H25ClN2O4. The predicted molar refractivity (Wildman–Crippen MR) is 108 cm³/mol. The second-order valence-electron chi connectivity index (χ2n) is 6.46. The van der Waals surface area contributed by atoms with Crippen LogP contribution in [-0.2, 0) is 11.3 Å². The minimum atomic E-state index is -0.135. The predicted octanol–water partition coefficient (Wildman–Crippen LogP) is 2.99. The van der Waals surface area contributed by atoms with Crippen LogP contribution < -0.4 is 14.8 Å². The van der Waals surface area contributed by atoms with Gasteiger partial charge >= 0.3 is 0 Å². The highest BCUT2D eigenvalue weighted by atomic mass is 35.5. The quantitative estimate of drug-likeness (QED) is 0.733. The molecule has 0 atom stereocenters. The zero-order valence-corrected chi connectivity index (χ0v) is 16.7. The number of carbonyl (C=O) groups excluding carboxylic acids is 1. The highest BCUT2D eigenvalue weighted by molar-refractivity contribution is 6.31. The van der Waals surface area contributed by atoms with E-state index in [9.17, 15) is 4.79 Å². The van der Waals surface area contributed by atoms with Crippen LogP contribution in [0.5, 0.6) is 11.5 Å². The first-order chi connectivity index (χ1) is 13.7. The summed E-state index contributed by atoms with van der Waals surface area (Å²) in [6.45, 7) is 5.03. The van der Waals surface area contributed by atoms with Crippen molar-refractivity contribution in [3.8, 4) is 11.5 Å². The maximum atomic E-state index is 12.4. The van der Waals surface area contributed by atoms with Crippen molar-refractivity contribution in [3.05, 3.63) is 58.6 Å². The van der Waals surface area contributed by atoms with Gasteiger partial charge in [-0.15, -0.1) is 0 Å². The molecule has 150 valence electrons. The van der Waals surface area contributed by atoms with Crippen molar-refractivity contribution in [1.29, 1.82) is 0 Å². The summed E-state index contributed by atoms with van der Waals surface area (Å²) in [7, 11) is 1.55. The second kappa shape index (κ2) is 10.3. The Balaban J connectivity index is 1.55. The molecule has 0 aromatic heterocycles. The minimum Gasteiger partial charge on any atom is -0.493 e. The van der Waals surface area contributed by atoms with Gasteiger partial charge in [0.25, 0.3) is 5.91 Å². The van der Waals surface area contributed by atoms with Crippen LogP contribution in [0.4, 0.5) is 0 Å². The fourth-order valence-corrected chi connectivity index (χ4v) is 3.14. The van der Waals surface area contributed by atoms with Crippen molar-refractivity contribution >= 4 is 17.5 Å². The molecule has 0 spiro atoms. The van der Waals surface area contributed by atoms with Gasteiger partial charge in [-0.3, -0.25) is 9.69 Å². The van der Waals surface area contributed by atoms with Crippen molar-refractivity contribution in [2.75, 3.05) is 46.5 Å². The Hall–Kier alpha value is -2.28. The van der Waals surface area contributed by atoms with Gasteiger partial charge in [-0.2, -0.15) is 0 Å². The fourth-order valence-electron chi connectivity index (χ4n) is 2.95. The normalized spacial score (nSPS) is 14.5. The summed E-state index contributed by atoms with van der Waals surface area (Å²) in [5.74, 6) is 0.935. The van der Waals surface area contributed by atoms with Crippen LogP contribution in [0.1, 0.15) is 15.9 Å². The Bertz CT molecular complexity index is 794. The molecule has 0 aliphatic carbocycles. The van der Waals surface area contributed by atoms with Crippen LogP contribution in [-0.4, -0.2) is 57.3 Å². The van der Waals surface area contributed by atoms with E-state index < -0.39 is 0 Å². The van der Waals surface area contributed by atoms with Crippen molar-refractivity contribution in [2.24, 2.45) is 0 Å². The number of nitrogens with one attached hydrogen (secondary N) is 1. The number of morpholine rings is 1. The highest BCUT2D eigenvalue weighted by Gasteiger charge is 2.13. The smallest absolute Gasteiger partial charge is 0.251 e. The average molecular weight is 405 g/mol. The van der Waals surface area contributed by atoms with Gasteiger partial charge in [-0.05, 0) is 24.3 Å². The SMILES string of the molecule is COc1cc(C(=O)NCCN2CCOCC2)ccc1OCc1ccccc1Cl. The number of carbonyl (C=O) groups is 1. The maximum Gasteiger partial charge on any atom is 0.251 e. The third kappa shape index (κ3) is 5.61. The molecule has 1 N–H and O–H groups in total. The Morgan fingerprint density at radius 3 is 2.71 bits per heavy atom. The Kier molecular flexibility index (Phi) is 7.54. The summed E-state index contributed by atoms with van der Waals surface area (Å²) in [5, 5.41) is 3.60. The van der Waals surface area contributed by atoms with Gasteiger partial charge in [0.15, 0.2) is 11.5 Å². The van der Waals surface area contributed by atoms with Crippen molar-refractivity contribution in [2.45, 2.75) is 6.61 Å². The van der Waals surface area contributed by atoms with Gasteiger partial charge in [0.2, 0.25) is 0 Å². The van der Waals surface area contributed by atoms with E-state index in [1.165, 1.54) is 0 Å². The molecule has 1 aliphatic rings. The van der Waals surface area contributed by atoms with Crippen LogP contribution >= 0.6 is 11.6 Å². The first-order valence-electron chi connectivity index (χ1n) is 9.30. The van der Waals surface area contributed by atoms with E-state index in [2.05, 4.69) is 10.2 Å². The van der Waals surface area contributed by atoms with Crippen LogP contribution in [0.3, 0.4) is 0 Å². The molecule has 0 unspecified atom stereocenters. The van der Waals surface area contributed by atoms with E-state index in [-0.39, 0.29) is 5.91 Å². The number of halogens is 1. The number of hydrogen-bond acceptors (Lipinski definition) is 5. The summed E-state index contributed by atoms with van der Waals surface area (Å²) in [4.78, 5) is 14.7. The third-order valence-corrected chi connectivity index (χ3v) is 4.95. The van der Waals surface area contributed by atoms with E-state index in [0.717, 1.165) is 38.4 Å². The molecule has 1 fully saturated rings. The molecular weight excluding hydrogens is 380 g/mol. The summed E-state index contributed by atoms with van der Waals surface area (Å²) >= 11 is 6.16. The summed E-state index contributed by atoms with van der Waals surface area (Å²) in [5.41, 5.74) is 1.42. The zero-order chi connectivity index (χ0) is 19.8. The van der Waals surface area contributed by atoms with Gasteiger partial charge in [0, 0.05) is 42.3 Å². The second-order valence-corrected chi connectivity index (χ2v) is 6.86. The van der Waals surface area contributed by atoms with Gasteiger partial charge in [-0.1, -0.05) is 29.8 Å². The molecule has 2 aromatic rings. The van der Waals surface area contributed by atoms with Crippen molar-refractivity contribution < 1.29 is 19.0 Å². The van der Waals surface area contributed by atoms with Crippen LogP contribution in [0.15, 0.2) is 42.5 Å². The first-order valence-corrected chi connectivity index (χ1v) is 9.67. The van der Waals surface area contributed by atoms with E-state index in [1.54, 1.807) is 25.3 Å². The van der Waals surface area contributed by atoms with Gasteiger partial charge in [0.1, 0.15) is 6.61 Å². The highest BCUT2D eigenvalue weighted by Crippen LogP contribution is 2.29. The molecule has 2 aromatic carbocycles. The molecule has 28 heavy (non-hydrogen) atoms. The average Bonchev–Trinajstić information content (AvgIpc) is 2.73. The maximum absolute atomic E-state index is 12.4. The number of nitrogens with zero attached hydrogens (tertiary/aromatic N) is 1. The zero-order valence-electron chi connectivity index (χ0n) is 15.9. The van der Waals surface area contributed by atoms with E-state index in [4.69, 9.17) is 25.8 Å². The van der Waals surface area contributed by atoms with E-state index >= 15 is 0 Å². The summed E-state index contributed by atoms with van der Waals surface area (Å²) in [6, 6.07) is 12.7. The lowest BCUT2D eigenvalue weighted by Crippen LogP contribution is -2.41. The molecule has 3 rings (SSSR count).